The van der Waals surface area contributed by atoms with Crippen molar-refractivity contribution in [3.63, 3.8) is 0 Å². The van der Waals surface area contributed by atoms with Gasteiger partial charge in [0.15, 0.2) is 0 Å². The van der Waals surface area contributed by atoms with Gasteiger partial charge in [-0.05, 0) is 87.6 Å². The predicted molar refractivity (Wildman–Crippen MR) is 168 cm³/mol. The highest BCUT2D eigenvalue weighted by molar-refractivity contribution is 7.16. The summed E-state index contributed by atoms with van der Waals surface area (Å²) in [6, 6.07) is 14.1. The lowest BCUT2D eigenvalue weighted by atomic mass is 9.72. The van der Waals surface area contributed by atoms with E-state index in [2.05, 4.69) is 63.6 Å². The number of rotatable bonds is 5. The Morgan fingerprint density at radius 2 is 1.88 bits per heavy atom. The van der Waals surface area contributed by atoms with Crippen molar-refractivity contribution < 1.29 is 4.79 Å². The minimum atomic E-state index is -0.0984. The second kappa shape index (κ2) is 10.8. The van der Waals surface area contributed by atoms with E-state index in [0.29, 0.717) is 11.5 Å². The Bertz CT molecular complexity index is 1650. The zero-order chi connectivity index (χ0) is 28.8. The molecule has 0 fully saturated rings. The fourth-order valence-electron chi connectivity index (χ4n) is 5.61. The lowest BCUT2D eigenvalue weighted by molar-refractivity contribution is 0.102. The molecule has 0 radical (unpaired) electrons. The number of carbonyl (C=O) groups excluding carboxylic acids is 1. The number of aryl methyl sites for hydroxylation is 2. The predicted octanol–water partition coefficient (Wildman–Crippen LogP) is 8.86. The maximum absolute atomic E-state index is 13.7. The van der Waals surface area contributed by atoms with E-state index in [1.807, 2.05) is 43.5 Å². The first-order valence-corrected chi connectivity index (χ1v) is 15.4. The third-order valence-electron chi connectivity index (χ3n) is 8.20. The van der Waals surface area contributed by atoms with Crippen LogP contribution in [0.5, 0.6) is 0 Å². The Hall–Kier alpha value is -3.47. The summed E-state index contributed by atoms with van der Waals surface area (Å²) in [6.07, 6.45) is 4.83. The highest BCUT2D eigenvalue weighted by atomic mass is 32.1. The molecule has 0 unspecified atom stereocenters. The van der Waals surface area contributed by atoms with E-state index in [9.17, 15) is 10.1 Å². The minimum absolute atomic E-state index is 0.0984. The number of para-hydroxylation sites is 1. The second-order valence-electron chi connectivity index (χ2n) is 11.8. The number of aromatic nitrogens is 1. The molecule has 3 heterocycles. The van der Waals surface area contributed by atoms with Crippen LogP contribution in [-0.4, -0.2) is 16.7 Å². The fraction of sp³-hybridized carbons (Fsp3) is 0.364. The van der Waals surface area contributed by atoms with Crippen molar-refractivity contribution in [3.05, 3.63) is 85.4 Å². The molecule has 4 aromatic rings. The molecule has 206 valence electrons. The van der Waals surface area contributed by atoms with E-state index < -0.39 is 0 Å². The summed E-state index contributed by atoms with van der Waals surface area (Å²) < 4.78 is 2.15. The van der Waals surface area contributed by atoms with Crippen LogP contribution in [-0.2, 0) is 12.8 Å². The number of nitriles is 1. The molecule has 7 heteroatoms. The number of nitrogens with zero attached hydrogens (tertiary/aromatic N) is 3. The molecule has 0 aliphatic heterocycles. The van der Waals surface area contributed by atoms with Crippen molar-refractivity contribution in [2.75, 3.05) is 5.32 Å². The number of nitrogens with one attached hydrogen (secondary N) is 1. The van der Waals surface area contributed by atoms with Crippen molar-refractivity contribution in [1.82, 2.24) is 4.57 Å². The Morgan fingerprint density at radius 1 is 1.15 bits per heavy atom. The first kappa shape index (κ1) is 28.1. The maximum atomic E-state index is 13.7. The third kappa shape index (κ3) is 5.18. The van der Waals surface area contributed by atoms with Gasteiger partial charge in [-0.25, -0.2) is 4.99 Å². The van der Waals surface area contributed by atoms with Gasteiger partial charge in [0.05, 0.1) is 11.1 Å². The zero-order valence-electron chi connectivity index (χ0n) is 24.3. The summed E-state index contributed by atoms with van der Waals surface area (Å²) in [5.74, 6) is 0.477. The Kier molecular flexibility index (Phi) is 7.60. The lowest BCUT2D eigenvalue weighted by Crippen LogP contribution is -2.27. The van der Waals surface area contributed by atoms with Crippen LogP contribution in [0.3, 0.4) is 0 Å². The number of anilines is 1. The minimum Gasteiger partial charge on any atom is -0.322 e. The van der Waals surface area contributed by atoms with Gasteiger partial charge in [-0.2, -0.15) is 5.26 Å². The molecule has 0 spiro atoms. The number of aliphatic imine (C=N–C) groups is 1. The van der Waals surface area contributed by atoms with E-state index in [-0.39, 0.29) is 11.3 Å². The average molecular weight is 569 g/mol. The first-order chi connectivity index (χ1) is 19.0. The van der Waals surface area contributed by atoms with Crippen molar-refractivity contribution in [2.45, 2.75) is 67.7 Å². The van der Waals surface area contributed by atoms with Gasteiger partial charge in [-0.3, -0.25) is 4.79 Å². The van der Waals surface area contributed by atoms with Crippen LogP contribution in [0.1, 0.15) is 80.9 Å². The molecule has 1 aromatic carbocycles. The molecule has 1 amide bonds. The molecule has 1 aliphatic rings. The van der Waals surface area contributed by atoms with Crippen LogP contribution >= 0.6 is 22.7 Å². The number of amides is 1. The summed E-state index contributed by atoms with van der Waals surface area (Å²) in [4.78, 5) is 21.1. The molecule has 3 aromatic heterocycles. The van der Waals surface area contributed by atoms with Crippen LogP contribution in [0.15, 0.2) is 41.4 Å². The molecular formula is C33H36N4OS2. The fourth-order valence-corrected chi connectivity index (χ4v) is 8.09. The second-order valence-corrected chi connectivity index (χ2v) is 14.1. The summed E-state index contributed by atoms with van der Waals surface area (Å²) in [5.41, 5.74) is 7.69. The lowest BCUT2D eigenvalue weighted by Gasteiger charge is -2.33. The van der Waals surface area contributed by atoms with Gasteiger partial charge in [-0.15, -0.1) is 22.7 Å². The molecule has 1 aliphatic carbocycles. The number of carbonyl (C=O) groups is 1. The molecule has 40 heavy (non-hydrogen) atoms. The number of hydrogen-bond donors (Lipinski definition) is 1. The highest BCUT2D eigenvalue weighted by Gasteiger charge is 2.33. The average Bonchev–Trinajstić information content (AvgIpc) is 3.51. The SMILES string of the molecule is Cc1sc(-n2c(C)cc(C=Nc3sc4c(c3C(=O)Nc3ccccc3)CC[C@@H](C(C)(C)C)C4)c2C)c(C#N)c1C. The molecular weight excluding hydrogens is 533 g/mol. The van der Waals surface area contributed by atoms with Crippen LogP contribution in [0.4, 0.5) is 10.7 Å². The van der Waals surface area contributed by atoms with Gasteiger partial charge >= 0.3 is 0 Å². The van der Waals surface area contributed by atoms with Gasteiger partial charge in [0.1, 0.15) is 16.1 Å². The van der Waals surface area contributed by atoms with Gasteiger partial charge in [0, 0.05) is 38.6 Å². The van der Waals surface area contributed by atoms with Crippen molar-refractivity contribution in [2.24, 2.45) is 16.3 Å². The first-order valence-electron chi connectivity index (χ1n) is 13.7. The maximum Gasteiger partial charge on any atom is 0.259 e. The van der Waals surface area contributed by atoms with Gasteiger partial charge in [0.2, 0.25) is 0 Å². The molecule has 5 rings (SSSR count). The standard InChI is InChI=1S/C33H36N4OS2/c1-19-15-23(21(3)37(19)32-27(17-34)20(2)22(4)39-32)18-35-31-29(30(38)36-25-11-9-8-10-12-25)26-14-13-24(33(5,6)7)16-28(26)40-31/h8-12,15,18,24H,13-14,16H2,1-7H3,(H,36,38)/t24-/m1/s1. The van der Waals surface area contributed by atoms with Gasteiger partial charge < -0.3 is 9.88 Å². The number of fused-ring (bicyclic) bond motifs is 1. The normalized spacial score (nSPS) is 15.3. The van der Waals surface area contributed by atoms with Crippen LogP contribution in [0.2, 0.25) is 0 Å². The molecule has 1 atom stereocenters. The van der Waals surface area contributed by atoms with Crippen LogP contribution in [0, 0.1) is 50.4 Å². The molecule has 5 nitrogen and oxygen atoms in total. The van der Waals surface area contributed by atoms with Crippen LogP contribution in [0.25, 0.3) is 5.00 Å². The van der Waals surface area contributed by atoms with Gasteiger partial charge in [0.25, 0.3) is 5.91 Å². The number of hydrogen-bond acceptors (Lipinski definition) is 5. The third-order valence-corrected chi connectivity index (χ3v) is 10.6. The van der Waals surface area contributed by atoms with Crippen molar-refractivity contribution in [1.29, 1.82) is 5.26 Å². The van der Waals surface area contributed by atoms with Gasteiger partial charge in [-0.1, -0.05) is 39.0 Å². The number of benzene rings is 1. The largest absolute Gasteiger partial charge is 0.322 e. The van der Waals surface area contributed by atoms with E-state index in [4.69, 9.17) is 4.99 Å². The van der Waals surface area contributed by atoms with Crippen LogP contribution < -0.4 is 5.32 Å². The van der Waals surface area contributed by atoms with E-state index in [1.165, 1.54) is 4.88 Å². The summed E-state index contributed by atoms with van der Waals surface area (Å²) in [5, 5.41) is 14.6. The van der Waals surface area contributed by atoms with E-state index >= 15 is 0 Å². The number of thiophene rings is 2. The van der Waals surface area contributed by atoms with Crippen molar-refractivity contribution >= 4 is 45.5 Å². The Morgan fingerprint density at radius 3 is 2.55 bits per heavy atom. The quantitative estimate of drug-likeness (QED) is 0.244. The molecule has 1 N–H and O–H groups in total. The Labute approximate surface area is 245 Å². The Balaban J connectivity index is 1.54. The van der Waals surface area contributed by atoms with Crippen molar-refractivity contribution in [3.8, 4) is 11.1 Å². The topological polar surface area (TPSA) is 70.2 Å². The summed E-state index contributed by atoms with van der Waals surface area (Å²) in [6.45, 7) is 15.1. The molecule has 0 saturated carbocycles. The molecule has 0 saturated heterocycles. The monoisotopic (exact) mass is 568 g/mol. The highest BCUT2D eigenvalue weighted by Crippen LogP contribution is 2.45. The zero-order valence-corrected chi connectivity index (χ0v) is 25.9. The summed E-state index contributed by atoms with van der Waals surface area (Å²) >= 11 is 3.31. The van der Waals surface area contributed by atoms with E-state index in [1.54, 1.807) is 22.7 Å². The smallest absolute Gasteiger partial charge is 0.259 e. The van der Waals surface area contributed by atoms with E-state index in [0.717, 1.165) is 73.5 Å². The molecule has 0 bridgehead atoms. The summed E-state index contributed by atoms with van der Waals surface area (Å²) in [7, 11) is 0.